The Morgan fingerprint density at radius 2 is 1.56 bits per heavy atom. The van der Waals surface area contributed by atoms with E-state index in [4.69, 9.17) is 33.7 Å². The van der Waals surface area contributed by atoms with E-state index < -0.39 is 67.5 Å². The third-order valence-electron chi connectivity index (χ3n) is 4.12. The van der Waals surface area contributed by atoms with Crippen LogP contribution in [0.25, 0.3) is 17.1 Å². The first-order chi connectivity index (χ1) is 14.8. The van der Waals surface area contributed by atoms with Crippen LogP contribution in [-0.4, -0.2) is 14.5 Å². The van der Waals surface area contributed by atoms with Gasteiger partial charge < -0.3 is 4.98 Å². The zero-order chi connectivity index (χ0) is 24.0. The average molecular weight is 492 g/mol. The Morgan fingerprint density at radius 3 is 2.00 bits per heavy atom. The SMILES string of the molecule is N#Cc1nc(-c2cn(-c3c(Cl)cc(C(F)(F)F)cc3Cl)c(=O)cc2C(F)(F)F)[nH]c1C#N. The normalized spacial score (nSPS) is 11.8. The van der Waals surface area contributed by atoms with Gasteiger partial charge >= 0.3 is 12.4 Å². The molecule has 0 aliphatic carbocycles. The van der Waals surface area contributed by atoms with E-state index in [1.807, 2.05) is 0 Å². The number of alkyl halides is 6. The van der Waals surface area contributed by atoms with Crippen LogP contribution in [0, 0.1) is 22.7 Å². The highest BCUT2D eigenvalue weighted by atomic mass is 35.5. The lowest BCUT2D eigenvalue weighted by Gasteiger charge is -2.17. The second-order valence-corrected chi connectivity index (χ2v) is 6.94. The smallest absolute Gasteiger partial charge is 0.329 e. The van der Waals surface area contributed by atoms with Crippen LogP contribution in [-0.2, 0) is 12.4 Å². The summed E-state index contributed by atoms with van der Waals surface area (Å²) >= 11 is 11.7. The average Bonchev–Trinajstić information content (AvgIpc) is 3.10. The molecule has 1 N–H and O–H groups in total. The summed E-state index contributed by atoms with van der Waals surface area (Å²) in [6.07, 6.45) is -9.28. The van der Waals surface area contributed by atoms with E-state index in [9.17, 15) is 31.1 Å². The van der Waals surface area contributed by atoms with Gasteiger partial charge in [-0.3, -0.25) is 9.36 Å². The molecule has 0 aliphatic heterocycles. The summed E-state index contributed by atoms with van der Waals surface area (Å²) in [5.41, 5.74) is -6.23. The molecule has 6 nitrogen and oxygen atoms in total. The van der Waals surface area contributed by atoms with Gasteiger partial charge in [-0.05, 0) is 12.1 Å². The summed E-state index contributed by atoms with van der Waals surface area (Å²) in [6, 6.07) is 4.17. The van der Waals surface area contributed by atoms with Gasteiger partial charge in [-0.15, -0.1) is 0 Å². The molecule has 0 unspecified atom stereocenters. The number of aromatic nitrogens is 3. The molecule has 0 bridgehead atoms. The summed E-state index contributed by atoms with van der Waals surface area (Å²) < 4.78 is 80.1. The molecule has 164 valence electrons. The number of pyridine rings is 1. The van der Waals surface area contributed by atoms with E-state index in [-0.39, 0.29) is 6.07 Å². The number of benzene rings is 1. The van der Waals surface area contributed by atoms with Crippen molar-refractivity contribution >= 4 is 23.2 Å². The van der Waals surface area contributed by atoms with E-state index in [1.54, 1.807) is 6.07 Å². The van der Waals surface area contributed by atoms with Gasteiger partial charge in [0.2, 0.25) is 0 Å². The van der Waals surface area contributed by atoms with Crippen molar-refractivity contribution in [1.29, 1.82) is 10.5 Å². The van der Waals surface area contributed by atoms with Crippen LogP contribution in [0.2, 0.25) is 10.0 Å². The van der Waals surface area contributed by atoms with Gasteiger partial charge in [0, 0.05) is 17.8 Å². The summed E-state index contributed by atoms with van der Waals surface area (Å²) in [7, 11) is 0. The summed E-state index contributed by atoms with van der Waals surface area (Å²) in [5.74, 6) is -0.585. The minimum atomic E-state index is -5.06. The Morgan fingerprint density at radius 1 is 0.969 bits per heavy atom. The molecule has 3 aromatic rings. The van der Waals surface area contributed by atoms with Gasteiger partial charge in [-0.25, -0.2) is 4.98 Å². The first-order valence-corrected chi connectivity index (χ1v) is 8.84. The number of imidazole rings is 1. The van der Waals surface area contributed by atoms with Crippen molar-refractivity contribution < 1.29 is 26.3 Å². The second kappa shape index (κ2) is 7.89. The van der Waals surface area contributed by atoms with E-state index in [1.165, 1.54) is 6.07 Å². The predicted molar refractivity (Wildman–Crippen MR) is 99.1 cm³/mol. The number of halogens is 8. The minimum Gasteiger partial charge on any atom is -0.329 e. The molecular formula is C18H5Cl2F6N5O. The van der Waals surface area contributed by atoms with Crippen molar-refractivity contribution in [3.63, 3.8) is 0 Å². The number of rotatable bonds is 2. The fourth-order valence-electron chi connectivity index (χ4n) is 2.75. The number of H-pyrrole nitrogens is 1. The zero-order valence-electron chi connectivity index (χ0n) is 15.0. The van der Waals surface area contributed by atoms with Gasteiger partial charge in [0.25, 0.3) is 5.56 Å². The Kier molecular flexibility index (Phi) is 5.72. The third kappa shape index (κ3) is 4.15. The highest BCUT2D eigenvalue weighted by Crippen LogP contribution is 2.39. The summed E-state index contributed by atoms with van der Waals surface area (Å²) in [4.78, 5) is 18.3. The van der Waals surface area contributed by atoms with Crippen molar-refractivity contribution in [2.24, 2.45) is 0 Å². The van der Waals surface area contributed by atoms with E-state index in [0.717, 1.165) is 0 Å². The third-order valence-corrected chi connectivity index (χ3v) is 4.70. The van der Waals surface area contributed by atoms with E-state index >= 15 is 0 Å². The van der Waals surface area contributed by atoms with Crippen LogP contribution in [0.3, 0.4) is 0 Å². The lowest BCUT2D eigenvalue weighted by molar-refractivity contribution is -0.138. The first kappa shape index (κ1) is 23.2. The molecule has 0 atom stereocenters. The van der Waals surface area contributed by atoms with Gasteiger partial charge in [0.1, 0.15) is 18.0 Å². The van der Waals surface area contributed by atoms with Crippen molar-refractivity contribution in [3.8, 4) is 29.2 Å². The maximum Gasteiger partial charge on any atom is 0.417 e. The fraction of sp³-hybridized carbons (Fsp3) is 0.111. The Balaban J connectivity index is 2.36. The molecule has 3 rings (SSSR count). The summed E-state index contributed by atoms with van der Waals surface area (Å²) in [6.45, 7) is 0. The molecule has 0 saturated carbocycles. The molecule has 0 fully saturated rings. The highest BCUT2D eigenvalue weighted by molar-refractivity contribution is 6.37. The van der Waals surface area contributed by atoms with Crippen molar-refractivity contribution in [2.75, 3.05) is 0 Å². The molecule has 14 heteroatoms. The van der Waals surface area contributed by atoms with Crippen LogP contribution in [0.4, 0.5) is 26.3 Å². The number of hydrogen-bond donors (Lipinski definition) is 1. The van der Waals surface area contributed by atoms with Crippen LogP contribution in [0.15, 0.2) is 29.2 Å². The Labute approximate surface area is 183 Å². The van der Waals surface area contributed by atoms with E-state index in [2.05, 4.69) is 9.97 Å². The second-order valence-electron chi connectivity index (χ2n) is 6.13. The monoisotopic (exact) mass is 491 g/mol. The van der Waals surface area contributed by atoms with Crippen molar-refractivity contribution in [3.05, 3.63) is 67.3 Å². The minimum absolute atomic E-state index is 0.167. The predicted octanol–water partition coefficient (Wildman–Crippen LogP) is 5.32. The largest absolute Gasteiger partial charge is 0.417 e. The standard InChI is InChI=1S/C18H5Cl2F6N5O/c19-10-1-7(17(21,22)23)2-11(20)15(10)31-6-8(9(3-14(31)32)18(24,25)26)16-29-12(4-27)13(5-28)30-16/h1-3,6H,(H,29,30). The number of aromatic amines is 1. The topological polar surface area (TPSA) is 98.3 Å². The molecule has 2 heterocycles. The highest BCUT2D eigenvalue weighted by Gasteiger charge is 2.37. The fourth-order valence-corrected chi connectivity index (χ4v) is 3.42. The maximum atomic E-state index is 13.6. The molecule has 0 spiro atoms. The molecule has 1 aromatic carbocycles. The van der Waals surface area contributed by atoms with Crippen molar-refractivity contribution in [1.82, 2.24) is 14.5 Å². The molecule has 2 aromatic heterocycles. The first-order valence-electron chi connectivity index (χ1n) is 8.09. The molecule has 0 amide bonds. The maximum absolute atomic E-state index is 13.6. The van der Waals surface area contributed by atoms with Gasteiger partial charge in [-0.2, -0.15) is 36.9 Å². The molecule has 0 radical (unpaired) electrons. The Hall–Kier alpha value is -3.48. The zero-order valence-corrected chi connectivity index (χ0v) is 16.5. The number of nitrogens with zero attached hydrogens (tertiary/aromatic N) is 4. The Bertz CT molecular complexity index is 1320. The van der Waals surface area contributed by atoms with Crippen LogP contribution < -0.4 is 5.56 Å². The number of nitrogens with one attached hydrogen (secondary N) is 1. The quantitative estimate of drug-likeness (QED) is 0.490. The lowest BCUT2D eigenvalue weighted by atomic mass is 10.1. The lowest BCUT2D eigenvalue weighted by Crippen LogP contribution is -2.22. The van der Waals surface area contributed by atoms with Crippen LogP contribution >= 0.6 is 23.2 Å². The van der Waals surface area contributed by atoms with Crippen LogP contribution in [0.5, 0.6) is 0 Å². The van der Waals surface area contributed by atoms with Gasteiger partial charge in [0.05, 0.1) is 26.9 Å². The van der Waals surface area contributed by atoms with Gasteiger partial charge in [-0.1, -0.05) is 23.2 Å². The number of hydrogen-bond acceptors (Lipinski definition) is 4. The van der Waals surface area contributed by atoms with Crippen molar-refractivity contribution in [2.45, 2.75) is 12.4 Å². The van der Waals surface area contributed by atoms with E-state index in [0.29, 0.717) is 22.9 Å². The van der Waals surface area contributed by atoms with Gasteiger partial charge in [0.15, 0.2) is 11.4 Å². The molecule has 0 aliphatic rings. The number of nitriles is 2. The molecule has 0 saturated heterocycles. The molecule has 32 heavy (non-hydrogen) atoms. The summed E-state index contributed by atoms with van der Waals surface area (Å²) in [5, 5.41) is 16.7. The van der Waals surface area contributed by atoms with Crippen LogP contribution in [0.1, 0.15) is 22.5 Å². The molecular weight excluding hydrogens is 487 g/mol.